The minimum Gasteiger partial charge on any atom is -0.339 e. The number of fused-ring (bicyclic) bond motifs is 2. The van der Waals surface area contributed by atoms with E-state index in [1.807, 2.05) is 4.90 Å². The average Bonchev–Trinajstić information content (AvgIpc) is 2.99. The van der Waals surface area contributed by atoms with Crippen molar-refractivity contribution in [1.29, 1.82) is 0 Å². The SMILES string of the molecule is NS(=O)(=O)N1CCC(C(=O)N2CC3CCC2C3)CC1. The highest BCUT2D eigenvalue weighted by Crippen LogP contribution is 2.38. The van der Waals surface area contributed by atoms with E-state index in [4.69, 9.17) is 5.14 Å². The van der Waals surface area contributed by atoms with Gasteiger partial charge in [0.15, 0.2) is 0 Å². The van der Waals surface area contributed by atoms with Crippen LogP contribution >= 0.6 is 0 Å². The molecule has 19 heavy (non-hydrogen) atoms. The molecule has 3 fully saturated rings. The Bertz CT molecular complexity index is 471. The molecule has 3 aliphatic rings. The molecule has 1 saturated carbocycles. The van der Waals surface area contributed by atoms with Crippen molar-refractivity contribution in [3.63, 3.8) is 0 Å². The van der Waals surface area contributed by atoms with E-state index in [0.29, 0.717) is 37.9 Å². The summed E-state index contributed by atoms with van der Waals surface area (Å²) in [7, 11) is -3.59. The number of hydrogen-bond donors (Lipinski definition) is 1. The highest BCUT2D eigenvalue weighted by molar-refractivity contribution is 7.86. The molecule has 108 valence electrons. The van der Waals surface area contributed by atoms with Crippen LogP contribution in [0, 0.1) is 11.8 Å². The van der Waals surface area contributed by atoms with Gasteiger partial charge in [0, 0.05) is 31.6 Å². The fourth-order valence-electron chi connectivity index (χ4n) is 3.79. The minimum atomic E-state index is -3.59. The van der Waals surface area contributed by atoms with Crippen molar-refractivity contribution in [3.8, 4) is 0 Å². The molecule has 2 saturated heterocycles. The molecule has 2 heterocycles. The van der Waals surface area contributed by atoms with Crippen LogP contribution < -0.4 is 5.14 Å². The van der Waals surface area contributed by atoms with Gasteiger partial charge in [-0.3, -0.25) is 4.79 Å². The van der Waals surface area contributed by atoms with Crippen LogP contribution in [0.3, 0.4) is 0 Å². The maximum Gasteiger partial charge on any atom is 0.276 e. The molecule has 1 amide bonds. The lowest BCUT2D eigenvalue weighted by molar-refractivity contribution is -0.138. The number of carbonyl (C=O) groups excluding carboxylic acids is 1. The first kappa shape index (κ1) is 13.3. The Morgan fingerprint density at radius 1 is 1.11 bits per heavy atom. The third-order valence-electron chi connectivity index (χ3n) is 4.86. The van der Waals surface area contributed by atoms with Gasteiger partial charge in [0.1, 0.15) is 0 Å². The van der Waals surface area contributed by atoms with Crippen molar-refractivity contribution in [2.75, 3.05) is 19.6 Å². The number of hydrogen-bond acceptors (Lipinski definition) is 3. The monoisotopic (exact) mass is 287 g/mol. The maximum absolute atomic E-state index is 12.5. The maximum atomic E-state index is 12.5. The van der Waals surface area contributed by atoms with Crippen molar-refractivity contribution in [3.05, 3.63) is 0 Å². The Balaban J connectivity index is 1.58. The molecule has 2 aliphatic heterocycles. The molecule has 0 aromatic heterocycles. The molecule has 7 heteroatoms. The summed E-state index contributed by atoms with van der Waals surface area (Å²) in [4.78, 5) is 14.5. The number of nitrogens with zero attached hydrogens (tertiary/aromatic N) is 2. The topological polar surface area (TPSA) is 83.7 Å². The zero-order valence-corrected chi connectivity index (χ0v) is 11.8. The predicted molar refractivity (Wildman–Crippen MR) is 70.2 cm³/mol. The van der Waals surface area contributed by atoms with Gasteiger partial charge in [-0.1, -0.05) is 0 Å². The lowest BCUT2D eigenvalue weighted by Gasteiger charge is -2.34. The summed E-state index contributed by atoms with van der Waals surface area (Å²) in [6.45, 7) is 1.66. The molecule has 1 aliphatic carbocycles. The van der Waals surface area contributed by atoms with E-state index in [2.05, 4.69) is 0 Å². The quantitative estimate of drug-likeness (QED) is 0.770. The Kier molecular flexibility index (Phi) is 3.31. The Morgan fingerprint density at radius 3 is 2.26 bits per heavy atom. The Hall–Kier alpha value is -0.660. The average molecular weight is 287 g/mol. The van der Waals surface area contributed by atoms with Gasteiger partial charge < -0.3 is 4.90 Å². The third kappa shape index (κ3) is 2.51. The van der Waals surface area contributed by atoms with Crippen molar-refractivity contribution < 1.29 is 13.2 Å². The summed E-state index contributed by atoms with van der Waals surface area (Å²) in [5.74, 6) is 0.928. The van der Waals surface area contributed by atoms with E-state index in [1.165, 1.54) is 17.1 Å². The second-order valence-electron chi connectivity index (χ2n) is 6.04. The largest absolute Gasteiger partial charge is 0.339 e. The van der Waals surface area contributed by atoms with E-state index in [9.17, 15) is 13.2 Å². The molecule has 0 spiro atoms. The van der Waals surface area contributed by atoms with Crippen LogP contribution in [0.4, 0.5) is 0 Å². The van der Waals surface area contributed by atoms with Crippen LogP contribution in [0.2, 0.25) is 0 Å². The van der Waals surface area contributed by atoms with Gasteiger partial charge in [0.2, 0.25) is 5.91 Å². The number of carbonyl (C=O) groups is 1. The minimum absolute atomic E-state index is 0.0163. The lowest BCUT2D eigenvalue weighted by atomic mass is 9.95. The van der Waals surface area contributed by atoms with Gasteiger partial charge >= 0.3 is 0 Å². The van der Waals surface area contributed by atoms with Gasteiger partial charge in [-0.05, 0) is 38.0 Å². The van der Waals surface area contributed by atoms with Crippen LogP contribution in [0.15, 0.2) is 0 Å². The molecular weight excluding hydrogens is 266 g/mol. The van der Waals surface area contributed by atoms with Crippen molar-refractivity contribution in [2.24, 2.45) is 17.0 Å². The summed E-state index contributed by atoms with van der Waals surface area (Å²) >= 11 is 0. The zero-order valence-electron chi connectivity index (χ0n) is 11.0. The molecular formula is C12H21N3O3S. The zero-order chi connectivity index (χ0) is 13.6. The van der Waals surface area contributed by atoms with Crippen LogP contribution in [-0.2, 0) is 15.0 Å². The highest BCUT2D eigenvalue weighted by atomic mass is 32.2. The Morgan fingerprint density at radius 2 is 1.79 bits per heavy atom. The Labute approximate surface area is 114 Å². The number of nitrogens with two attached hydrogens (primary N) is 1. The number of piperidine rings is 2. The van der Waals surface area contributed by atoms with Crippen LogP contribution in [-0.4, -0.2) is 49.2 Å². The molecule has 0 aromatic rings. The molecule has 0 radical (unpaired) electrons. The van der Waals surface area contributed by atoms with Gasteiger partial charge in [0.05, 0.1) is 0 Å². The molecule has 0 aromatic carbocycles. The first-order valence-corrected chi connectivity index (χ1v) is 8.54. The first-order valence-electron chi connectivity index (χ1n) is 7.03. The van der Waals surface area contributed by atoms with Crippen molar-refractivity contribution >= 4 is 16.1 Å². The van der Waals surface area contributed by atoms with Gasteiger partial charge in [-0.15, -0.1) is 0 Å². The van der Waals surface area contributed by atoms with E-state index in [0.717, 1.165) is 13.0 Å². The third-order valence-corrected chi connectivity index (χ3v) is 5.94. The summed E-state index contributed by atoms with van der Waals surface area (Å²) in [6, 6.07) is 0.453. The molecule has 2 bridgehead atoms. The fraction of sp³-hybridized carbons (Fsp3) is 0.917. The van der Waals surface area contributed by atoms with Crippen LogP contribution in [0.25, 0.3) is 0 Å². The van der Waals surface area contributed by atoms with Gasteiger partial charge in [-0.25, -0.2) is 5.14 Å². The van der Waals surface area contributed by atoms with E-state index < -0.39 is 10.2 Å². The number of amides is 1. The molecule has 6 nitrogen and oxygen atoms in total. The fourth-order valence-corrected chi connectivity index (χ4v) is 4.51. The number of likely N-dealkylation sites (tertiary alicyclic amines) is 1. The first-order chi connectivity index (χ1) is 8.95. The summed E-state index contributed by atoms with van der Waals surface area (Å²) < 4.78 is 23.7. The normalized spacial score (nSPS) is 33.0. The molecule has 2 N–H and O–H groups in total. The second kappa shape index (κ2) is 4.71. The van der Waals surface area contributed by atoms with Crippen LogP contribution in [0.1, 0.15) is 32.1 Å². The summed E-state index contributed by atoms with van der Waals surface area (Å²) in [6.07, 6.45) is 4.78. The molecule has 3 rings (SSSR count). The van der Waals surface area contributed by atoms with E-state index >= 15 is 0 Å². The van der Waals surface area contributed by atoms with Crippen LogP contribution in [0.5, 0.6) is 0 Å². The second-order valence-corrected chi connectivity index (χ2v) is 7.59. The summed E-state index contributed by atoms with van der Waals surface area (Å²) in [5, 5.41) is 5.11. The smallest absolute Gasteiger partial charge is 0.276 e. The molecule has 2 unspecified atom stereocenters. The van der Waals surface area contributed by atoms with Gasteiger partial charge in [-0.2, -0.15) is 12.7 Å². The lowest BCUT2D eigenvalue weighted by Crippen LogP contribution is -2.47. The van der Waals surface area contributed by atoms with Crippen molar-refractivity contribution in [1.82, 2.24) is 9.21 Å². The predicted octanol–water partition coefficient (Wildman–Crippen LogP) is -0.0872. The molecule has 2 atom stereocenters. The van der Waals surface area contributed by atoms with Gasteiger partial charge in [0.25, 0.3) is 10.2 Å². The highest BCUT2D eigenvalue weighted by Gasteiger charge is 2.42. The van der Waals surface area contributed by atoms with E-state index in [-0.39, 0.29) is 11.8 Å². The van der Waals surface area contributed by atoms with Crippen molar-refractivity contribution in [2.45, 2.75) is 38.1 Å². The number of rotatable bonds is 2. The summed E-state index contributed by atoms with van der Waals surface area (Å²) in [5.41, 5.74) is 0. The standard InChI is InChI=1S/C12H21N3O3S/c13-19(17,18)14-5-3-10(4-6-14)12(16)15-8-9-1-2-11(15)7-9/h9-11H,1-8H2,(H2,13,17,18). The van der Waals surface area contributed by atoms with E-state index in [1.54, 1.807) is 0 Å².